The quantitative estimate of drug-likeness (QED) is 0.800. The fraction of sp³-hybridized carbons (Fsp3) is 0.238. The van der Waals surface area contributed by atoms with Gasteiger partial charge in [0.15, 0.2) is 0 Å². The lowest BCUT2D eigenvalue weighted by Crippen LogP contribution is -2.35. The van der Waals surface area contributed by atoms with Crippen LogP contribution in [0.2, 0.25) is 0 Å². The van der Waals surface area contributed by atoms with Crippen molar-refractivity contribution in [3.63, 3.8) is 0 Å². The van der Waals surface area contributed by atoms with Gasteiger partial charge in [0, 0.05) is 20.1 Å². The summed E-state index contributed by atoms with van der Waals surface area (Å²) in [5.41, 5.74) is 4.22. The molecule has 0 spiro atoms. The summed E-state index contributed by atoms with van der Waals surface area (Å²) in [6.07, 6.45) is 0.862. The fourth-order valence-corrected chi connectivity index (χ4v) is 3.62. The second-order valence-electron chi connectivity index (χ2n) is 6.56. The molecule has 5 heteroatoms. The summed E-state index contributed by atoms with van der Waals surface area (Å²) >= 11 is 0. The van der Waals surface area contributed by atoms with Crippen LogP contribution >= 0.6 is 0 Å². The van der Waals surface area contributed by atoms with Crippen LogP contribution in [-0.2, 0) is 22.6 Å². The molecular weight excluding hydrogens is 328 g/mol. The van der Waals surface area contributed by atoms with Crippen molar-refractivity contribution >= 4 is 17.4 Å². The van der Waals surface area contributed by atoms with Gasteiger partial charge in [-0.05, 0) is 35.2 Å². The maximum Gasteiger partial charge on any atom is 0.277 e. The minimum absolute atomic E-state index is 0.236. The van der Waals surface area contributed by atoms with Crippen LogP contribution in [0.1, 0.15) is 16.7 Å². The predicted octanol–water partition coefficient (Wildman–Crippen LogP) is 2.46. The number of ether oxygens (including phenoxy) is 1. The van der Waals surface area contributed by atoms with Crippen LogP contribution in [0, 0.1) is 0 Å². The van der Waals surface area contributed by atoms with Gasteiger partial charge in [-0.25, -0.2) is 0 Å². The molecule has 0 saturated carbocycles. The standard InChI is InChI=1S/C21H20N2O3/c1-22-20(24)18(15-7-9-17(26-2)10-8-15)19(21(22)25)23-12-11-14-5-3-4-6-16(14)13-23/h3-10H,11-13H2,1-2H3. The highest BCUT2D eigenvalue weighted by Crippen LogP contribution is 2.34. The Bertz CT molecular complexity index is 915. The molecule has 26 heavy (non-hydrogen) atoms. The van der Waals surface area contributed by atoms with Crippen molar-refractivity contribution in [2.75, 3.05) is 20.7 Å². The Morgan fingerprint density at radius 2 is 1.62 bits per heavy atom. The number of nitrogens with zero attached hydrogens (tertiary/aromatic N) is 2. The molecular formula is C21H20N2O3. The van der Waals surface area contributed by atoms with Crippen LogP contribution in [0.4, 0.5) is 0 Å². The Kier molecular flexibility index (Phi) is 3.99. The lowest BCUT2D eigenvalue weighted by atomic mass is 9.98. The van der Waals surface area contributed by atoms with E-state index in [1.807, 2.05) is 41.3 Å². The third-order valence-corrected chi connectivity index (χ3v) is 5.09. The number of rotatable bonds is 3. The zero-order chi connectivity index (χ0) is 18.3. The Labute approximate surface area is 152 Å². The molecule has 132 valence electrons. The number of carbonyl (C=O) groups excluding carboxylic acids is 2. The highest BCUT2D eigenvalue weighted by atomic mass is 16.5. The van der Waals surface area contributed by atoms with E-state index in [0.717, 1.165) is 18.5 Å². The van der Waals surface area contributed by atoms with Gasteiger partial charge in [-0.1, -0.05) is 36.4 Å². The lowest BCUT2D eigenvalue weighted by Gasteiger charge is -2.31. The number of methoxy groups -OCH3 is 1. The molecule has 0 atom stereocenters. The molecule has 0 fully saturated rings. The molecule has 4 rings (SSSR count). The first-order valence-electron chi connectivity index (χ1n) is 8.63. The van der Waals surface area contributed by atoms with E-state index in [0.29, 0.717) is 23.6 Å². The highest BCUT2D eigenvalue weighted by molar-refractivity contribution is 6.35. The Morgan fingerprint density at radius 3 is 2.31 bits per heavy atom. The molecule has 0 aliphatic carbocycles. The van der Waals surface area contributed by atoms with E-state index in [2.05, 4.69) is 12.1 Å². The fourth-order valence-electron chi connectivity index (χ4n) is 3.62. The molecule has 0 aromatic heterocycles. The molecule has 0 radical (unpaired) electrons. The van der Waals surface area contributed by atoms with Gasteiger partial charge in [0.05, 0.1) is 12.7 Å². The van der Waals surface area contributed by atoms with Crippen LogP contribution in [-0.4, -0.2) is 42.3 Å². The second-order valence-corrected chi connectivity index (χ2v) is 6.56. The highest BCUT2D eigenvalue weighted by Gasteiger charge is 2.40. The monoisotopic (exact) mass is 348 g/mol. The molecule has 5 nitrogen and oxygen atoms in total. The van der Waals surface area contributed by atoms with Gasteiger partial charge < -0.3 is 9.64 Å². The zero-order valence-corrected chi connectivity index (χ0v) is 14.9. The van der Waals surface area contributed by atoms with Gasteiger partial charge in [0.1, 0.15) is 11.4 Å². The van der Waals surface area contributed by atoms with Crippen LogP contribution in [0.25, 0.3) is 5.57 Å². The Morgan fingerprint density at radius 1 is 0.923 bits per heavy atom. The van der Waals surface area contributed by atoms with Gasteiger partial charge in [-0.3, -0.25) is 14.5 Å². The summed E-state index contributed by atoms with van der Waals surface area (Å²) in [5.74, 6) is 0.224. The maximum absolute atomic E-state index is 12.8. The third-order valence-electron chi connectivity index (χ3n) is 5.09. The van der Waals surface area contributed by atoms with E-state index in [4.69, 9.17) is 4.74 Å². The molecule has 0 saturated heterocycles. The summed E-state index contributed by atoms with van der Waals surface area (Å²) in [5, 5.41) is 0. The summed E-state index contributed by atoms with van der Waals surface area (Å²) in [7, 11) is 3.14. The van der Waals surface area contributed by atoms with Crippen molar-refractivity contribution in [2.24, 2.45) is 0 Å². The molecule has 2 amide bonds. The zero-order valence-electron chi connectivity index (χ0n) is 14.9. The van der Waals surface area contributed by atoms with Gasteiger partial charge >= 0.3 is 0 Å². The predicted molar refractivity (Wildman–Crippen MR) is 98.2 cm³/mol. The van der Waals surface area contributed by atoms with Crippen LogP contribution < -0.4 is 4.74 Å². The molecule has 2 aromatic carbocycles. The maximum atomic E-state index is 12.8. The number of likely N-dealkylation sites (N-methyl/N-ethyl adjacent to an activating group) is 1. The van der Waals surface area contributed by atoms with Crippen LogP contribution in [0.15, 0.2) is 54.2 Å². The molecule has 2 aromatic rings. The summed E-state index contributed by atoms with van der Waals surface area (Å²) in [6, 6.07) is 15.5. The average molecular weight is 348 g/mol. The second kappa shape index (κ2) is 6.33. The number of benzene rings is 2. The first-order chi connectivity index (χ1) is 12.6. The van der Waals surface area contributed by atoms with Crippen molar-refractivity contribution in [1.29, 1.82) is 0 Å². The molecule has 0 unspecified atom stereocenters. The van der Waals surface area contributed by atoms with Crippen molar-refractivity contribution in [3.8, 4) is 5.75 Å². The smallest absolute Gasteiger partial charge is 0.277 e. The van der Waals surface area contributed by atoms with E-state index in [-0.39, 0.29) is 11.8 Å². The molecule has 2 aliphatic rings. The average Bonchev–Trinajstić information content (AvgIpc) is 2.91. The van der Waals surface area contributed by atoms with Crippen molar-refractivity contribution in [3.05, 3.63) is 70.9 Å². The van der Waals surface area contributed by atoms with E-state index < -0.39 is 0 Å². The topological polar surface area (TPSA) is 49.9 Å². The number of hydrogen-bond donors (Lipinski definition) is 0. The first kappa shape index (κ1) is 16.4. The first-order valence-corrected chi connectivity index (χ1v) is 8.63. The summed E-state index contributed by atoms with van der Waals surface area (Å²) in [6.45, 7) is 1.36. The van der Waals surface area contributed by atoms with Crippen molar-refractivity contribution < 1.29 is 14.3 Å². The van der Waals surface area contributed by atoms with Gasteiger partial charge in [0.25, 0.3) is 11.8 Å². The van der Waals surface area contributed by atoms with E-state index in [9.17, 15) is 9.59 Å². The Balaban J connectivity index is 1.78. The molecule has 2 aliphatic heterocycles. The van der Waals surface area contributed by atoms with E-state index >= 15 is 0 Å². The number of hydrogen-bond acceptors (Lipinski definition) is 4. The van der Waals surface area contributed by atoms with Gasteiger partial charge in [-0.15, -0.1) is 0 Å². The third kappa shape index (κ3) is 2.56. The van der Waals surface area contributed by atoms with Crippen molar-refractivity contribution in [1.82, 2.24) is 9.80 Å². The summed E-state index contributed by atoms with van der Waals surface area (Å²) in [4.78, 5) is 28.8. The number of imide groups is 1. The van der Waals surface area contributed by atoms with Crippen LogP contribution in [0.5, 0.6) is 5.75 Å². The SMILES string of the molecule is COc1ccc(C2=C(N3CCc4ccccc4C3)C(=O)N(C)C2=O)cc1. The normalized spacial score (nSPS) is 17.0. The molecule has 0 N–H and O–H groups in total. The molecule has 0 bridgehead atoms. The minimum atomic E-state index is -0.256. The molecule has 2 heterocycles. The number of fused-ring (bicyclic) bond motifs is 1. The van der Waals surface area contributed by atoms with Gasteiger partial charge in [-0.2, -0.15) is 0 Å². The number of carbonyl (C=O) groups is 2. The number of amides is 2. The largest absolute Gasteiger partial charge is 0.497 e. The Hall–Kier alpha value is -3.08. The summed E-state index contributed by atoms with van der Waals surface area (Å²) < 4.78 is 5.19. The van der Waals surface area contributed by atoms with Crippen molar-refractivity contribution in [2.45, 2.75) is 13.0 Å². The van der Waals surface area contributed by atoms with Crippen LogP contribution in [0.3, 0.4) is 0 Å². The lowest BCUT2D eigenvalue weighted by molar-refractivity contribution is -0.136. The van der Waals surface area contributed by atoms with E-state index in [1.165, 1.54) is 16.0 Å². The minimum Gasteiger partial charge on any atom is -0.497 e. The van der Waals surface area contributed by atoms with E-state index in [1.54, 1.807) is 14.2 Å². The van der Waals surface area contributed by atoms with Gasteiger partial charge in [0.2, 0.25) is 0 Å².